The van der Waals surface area contributed by atoms with E-state index < -0.39 is 0 Å². The number of rotatable bonds is 4. The molecule has 0 radical (unpaired) electrons. The summed E-state index contributed by atoms with van der Waals surface area (Å²) in [5.74, 6) is -0.826. The van der Waals surface area contributed by atoms with E-state index in [2.05, 4.69) is 10.4 Å². The fourth-order valence-electron chi connectivity index (χ4n) is 2.69. The monoisotopic (exact) mass is 330 g/mol. The second-order valence-corrected chi connectivity index (χ2v) is 6.12. The molecule has 1 aliphatic heterocycles. The van der Waals surface area contributed by atoms with E-state index in [1.54, 1.807) is 21.7 Å². The summed E-state index contributed by atoms with van der Waals surface area (Å²) in [4.78, 5) is 26.3. The molecule has 0 spiro atoms. The van der Waals surface area contributed by atoms with Gasteiger partial charge in [-0.2, -0.15) is 5.10 Å². The van der Waals surface area contributed by atoms with Gasteiger partial charge < -0.3 is 10.2 Å². The van der Waals surface area contributed by atoms with Gasteiger partial charge in [-0.3, -0.25) is 14.3 Å². The first-order valence-corrected chi connectivity index (χ1v) is 7.86. The molecular formula is C17H19FN4O2. The minimum absolute atomic E-state index is 0.00333. The molecule has 3 rings (SSSR count). The van der Waals surface area contributed by atoms with E-state index in [4.69, 9.17) is 0 Å². The van der Waals surface area contributed by atoms with Crippen molar-refractivity contribution in [3.8, 4) is 0 Å². The van der Waals surface area contributed by atoms with Gasteiger partial charge in [0.15, 0.2) is 5.69 Å². The minimum atomic E-state index is -0.324. The Bertz CT molecular complexity index is 785. The van der Waals surface area contributed by atoms with Crippen LogP contribution in [-0.4, -0.2) is 39.1 Å². The maximum Gasteiger partial charge on any atom is 0.272 e. The van der Waals surface area contributed by atoms with Gasteiger partial charge in [-0.15, -0.1) is 0 Å². The van der Waals surface area contributed by atoms with Gasteiger partial charge in [0.2, 0.25) is 0 Å². The lowest BCUT2D eigenvalue weighted by atomic mass is 10.2. The van der Waals surface area contributed by atoms with Crippen LogP contribution in [0.3, 0.4) is 0 Å². The average molecular weight is 330 g/mol. The van der Waals surface area contributed by atoms with Crippen LogP contribution >= 0.6 is 0 Å². The van der Waals surface area contributed by atoms with Gasteiger partial charge in [0.1, 0.15) is 11.5 Å². The van der Waals surface area contributed by atoms with Gasteiger partial charge >= 0.3 is 0 Å². The van der Waals surface area contributed by atoms with Crippen molar-refractivity contribution in [1.29, 1.82) is 0 Å². The predicted octanol–water partition coefficient (Wildman–Crippen LogP) is 1.82. The van der Waals surface area contributed by atoms with Crippen molar-refractivity contribution in [2.75, 3.05) is 6.54 Å². The highest BCUT2D eigenvalue weighted by Gasteiger charge is 2.28. The molecule has 7 heteroatoms. The van der Waals surface area contributed by atoms with Crippen LogP contribution in [0.15, 0.2) is 30.3 Å². The quantitative estimate of drug-likeness (QED) is 0.930. The third-order valence-electron chi connectivity index (χ3n) is 3.78. The maximum atomic E-state index is 13.3. The standard InChI is InChI=1S/C17H19FN4O2/c1-11(2)19-16(23)14-9-15-17(24)21(6-7-22(15)20-14)10-12-4-3-5-13(18)8-12/h3-5,8-9,11H,6-7,10H2,1-2H3,(H,19,23). The van der Waals surface area contributed by atoms with Crippen LogP contribution in [-0.2, 0) is 13.1 Å². The summed E-state index contributed by atoms with van der Waals surface area (Å²) in [6.45, 7) is 5.02. The van der Waals surface area contributed by atoms with E-state index >= 15 is 0 Å². The van der Waals surface area contributed by atoms with E-state index in [9.17, 15) is 14.0 Å². The number of hydrogen-bond donors (Lipinski definition) is 1. The lowest BCUT2D eigenvalue weighted by Gasteiger charge is -2.27. The molecule has 2 amide bonds. The molecule has 24 heavy (non-hydrogen) atoms. The van der Waals surface area contributed by atoms with Crippen LogP contribution < -0.4 is 5.32 Å². The molecule has 0 saturated heterocycles. The smallest absolute Gasteiger partial charge is 0.272 e. The highest BCUT2D eigenvalue weighted by Crippen LogP contribution is 2.17. The third-order valence-corrected chi connectivity index (χ3v) is 3.78. The van der Waals surface area contributed by atoms with Crippen molar-refractivity contribution in [3.05, 3.63) is 53.1 Å². The average Bonchev–Trinajstić information content (AvgIpc) is 2.95. The number of halogens is 1. The second kappa shape index (κ2) is 6.43. The van der Waals surface area contributed by atoms with Crippen LogP contribution in [0.1, 0.15) is 40.4 Å². The Morgan fingerprint density at radius 1 is 1.33 bits per heavy atom. The summed E-state index contributed by atoms with van der Waals surface area (Å²) in [5.41, 5.74) is 1.35. The van der Waals surface area contributed by atoms with Crippen molar-refractivity contribution in [2.45, 2.75) is 33.0 Å². The number of carbonyl (C=O) groups is 2. The van der Waals surface area contributed by atoms with Gasteiger partial charge in [0.25, 0.3) is 11.8 Å². The number of nitrogens with zero attached hydrogens (tertiary/aromatic N) is 3. The Morgan fingerprint density at radius 3 is 2.83 bits per heavy atom. The molecule has 1 aromatic heterocycles. The zero-order valence-electron chi connectivity index (χ0n) is 13.6. The van der Waals surface area contributed by atoms with Crippen LogP contribution in [0.2, 0.25) is 0 Å². The van der Waals surface area contributed by atoms with Crippen molar-refractivity contribution in [2.24, 2.45) is 0 Å². The Hall–Kier alpha value is -2.70. The Labute approximate surface area is 139 Å². The molecule has 126 valence electrons. The fraction of sp³-hybridized carbons (Fsp3) is 0.353. The molecule has 1 aromatic carbocycles. The molecule has 0 bridgehead atoms. The highest BCUT2D eigenvalue weighted by atomic mass is 19.1. The van der Waals surface area contributed by atoms with Crippen LogP contribution in [0.4, 0.5) is 4.39 Å². The van der Waals surface area contributed by atoms with Crippen molar-refractivity contribution < 1.29 is 14.0 Å². The Kier molecular flexibility index (Phi) is 4.33. The largest absolute Gasteiger partial charge is 0.348 e. The number of fused-ring (bicyclic) bond motifs is 1. The van der Waals surface area contributed by atoms with Crippen LogP contribution in [0.5, 0.6) is 0 Å². The number of hydrogen-bond acceptors (Lipinski definition) is 3. The van der Waals surface area contributed by atoms with E-state index in [1.165, 1.54) is 18.2 Å². The number of amides is 2. The molecule has 2 aromatic rings. The highest BCUT2D eigenvalue weighted by molar-refractivity contribution is 5.98. The number of carbonyl (C=O) groups excluding carboxylic acids is 2. The Morgan fingerprint density at radius 2 is 2.12 bits per heavy atom. The van der Waals surface area contributed by atoms with E-state index in [-0.39, 0.29) is 29.4 Å². The van der Waals surface area contributed by atoms with Gasteiger partial charge in [-0.1, -0.05) is 12.1 Å². The van der Waals surface area contributed by atoms with Crippen molar-refractivity contribution >= 4 is 11.8 Å². The predicted molar refractivity (Wildman–Crippen MR) is 86.0 cm³/mol. The summed E-state index contributed by atoms with van der Waals surface area (Å²) < 4.78 is 14.8. The SMILES string of the molecule is CC(C)NC(=O)c1cc2n(n1)CCN(Cc1cccc(F)c1)C2=O. The van der Waals surface area contributed by atoms with E-state index in [0.717, 1.165) is 5.56 Å². The Balaban J connectivity index is 1.78. The summed E-state index contributed by atoms with van der Waals surface area (Å²) in [7, 11) is 0. The zero-order valence-corrected chi connectivity index (χ0v) is 13.6. The summed E-state index contributed by atoms with van der Waals surface area (Å²) in [5, 5.41) is 6.97. The molecule has 0 aliphatic carbocycles. The summed E-state index contributed by atoms with van der Waals surface area (Å²) in [6, 6.07) is 7.70. The van der Waals surface area contributed by atoms with Gasteiger partial charge in [0.05, 0.1) is 6.54 Å². The lowest BCUT2D eigenvalue weighted by molar-refractivity contribution is 0.0682. The molecule has 0 atom stereocenters. The summed E-state index contributed by atoms with van der Waals surface area (Å²) >= 11 is 0. The van der Waals surface area contributed by atoms with Crippen molar-refractivity contribution in [3.63, 3.8) is 0 Å². The molecule has 1 N–H and O–H groups in total. The van der Waals surface area contributed by atoms with E-state index in [1.807, 2.05) is 13.8 Å². The van der Waals surface area contributed by atoms with Crippen LogP contribution in [0, 0.1) is 5.82 Å². The number of aromatic nitrogens is 2. The zero-order chi connectivity index (χ0) is 17.3. The molecular weight excluding hydrogens is 311 g/mol. The molecule has 6 nitrogen and oxygen atoms in total. The fourth-order valence-corrected chi connectivity index (χ4v) is 2.69. The number of benzene rings is 1. The van der Waals surface area contributed by atoms with Crippen molar-refractivity contribution in [1.82, 2.24) is 20.0 Å². The van der Waals surface area contributed by atoms with Gasteiger partial charge in [0, 0.05) is 25.2 Å². The first-order valence-electron chi connectivity index (χ1n) is 7.86. The molecule has 1 aliphatic rings. The third kappa shape index (κ3) is 3.29. The molecule has 2 heterocycles. The molecule has 0 unspecified atom stereocenters. The lowest BCUT2D eigenvalue weighted by Crippen LogP contribution is -2.39. The second-order valence-electron chi connectivity index (χ2n) is 6.12. The van der Waals surface area contributed by atoms with Gasteiger partial charge in [-0.05, 0) is 31.5 Å². The topological polar surface area (TPSA) is 67.2 Å². The minimum Gasteiger partial charge on any atom is -0.348 e. The molecule has 0 fully saturated rings. The molecule has 0 saturated carbocycles. The van der Waals surface area contributed by atoms with E-state index in [0.29, 0.717) is 25.3 Å². The maximum absolute atomic E-state index is 13.3. The number of nitrogens with one attached hydrogen (secondary N) is 1. The van der Waals surface area contributed by atoms with Gasteiger partial charge in [-0.25, -0.2) is 4.39 Å². The first-order chi connectivity index (χ1) is 11.4. The normalized spacial score (nSPS) is 14.0. The summed E-state index contributed by atoms with van der Waals surface area (Å²) in [6.07, 6.45) is 0. The first kappa shape index (κ1) is 16.2. The van der Waals surface area contributed by atoms with Crippen LogP contribution in [0.25, 0.3) is 0 Å².